The maximum atomic E-state index is 12.9. The van der Waals surface area contributed by atoms with Crippen molar-refractivity contribution in [3.05, 3.63) is 29.8 Å². The number of amides is 3. The maximum Gasteiger partial charge on any atom is 0.325 e. The molecule has 1 atom stereocenters. The van der Waals surface area contributed by atoms with Gasteiger partial charge in [0.15, 0.2) is 11.5 Å². The van der Waals surface area contributed by atoms with E-state index in [-0.39, 0.29) is 19.1 Å². The summed E-state index contributed by atoms with van der Waals surface area (Å²) < 4.78 is 11.0. The molecule has 1 aliphatic heterocycles. The lowest BCUT2D eigenvalue weighted by atomic mass is 9.90. The average molecular weight is 402 g/mol. The van der Waals surface area contributed by atoms with Gasteiger partial charge in [-0.2, -0.15) is 0 Å². The highest BCUT2D eigenvalue weighted by Gasteiger charge is 2.50. The van der Waals surface area contributed by atoms with E-state index in [0.717, 1.165) is 36.1 Å². The topological polar surface area (TPSA) is 88.1 Å². The number of methoxy groups -OCH3 is 1. The summed E-state index contributed by atoms with van der Waals surface area (Å²) in [5, 5.41) is 13.3. The third kappa shape index (κ3) is 4.72. The van der Waals surface area contributed by atoms with E-state index in [1.165, 1.54) is 0 Å². The second-order valence-electron chi connectivity index (χ2n) is 7.72. The SMILES string of the molecule is CC=Cc1ccc(OCC(O)CN2C(=O)NC3(CCCCCC3)C2=O)c(OC)c1. The maximum absolute atomic E-state index is 12.9. The van der Waals surface area contributed by atoms with E-state index in [9.17, 15) is 14.7 Å². The fraction of sp³-hybridized carbons (Fsp3) is 0.545. The number of carbonyl (C=O) groups excluding carboxylic acids is 2. The first kappa shape index (κ1) is 21.2. The van der Waals surface area contributed by atoms with Crippen molar-refractivity contribution in [1.29, 1.82) is 0 Å². The van der Waals surface area contributed by atoms with Crippen LogP contribution in [0.5, 0.6) is 11.5 Å². The number of urea groups is 1. The molecule has 2 aliphatic rings. The molecular formula is C22H30N2O5. The van der Waals surface area contributed by atoms with Gasteiger partial charge in [0.1, 0.15) is 18.2 Å². The molecule has 7 heteroatoms. The Bertz CT molecular complexity index is 768. The third-order valence-electron chi connectivity index (χ3n) is 5.57. The number of nitrogens with zero attached hydrogens (tertiary/aromatic N) is 1. The van der Waals surface area contributed by atoms with Crippen LogP contribution >= 0.6 is 0 Å². The third-order valence-corrected chi connectivity index (χ3v) is 5.57. The zero-order chi connectivity index (χ0) is 20.9. The lowest BCUT2D eigenvalue weighted by Crippen LogP contribution is -2.47. The van der Waals surface area contributed by atoms with Crippen LogP contribution in [0.4, 0.5) is 4.79 Å². The van der Waals surface area contributed by atoms with Crippen LogP contribution in [0.2, 0.25) is 0 Å². The number of hydrogen-bond acceptors (Lipinski definition) is 5. The molecule has 1 saturated carbocycles. The van der Waals surface area contributed by atoms with Crippen molar-refractivity contribution < 1.29 is 24.2 Å². The first-order chi connectivity index (χ1) is 14.0. The number of imide groups is 1. The molecule has 3 amide bonds. The summed E-state index contributed by atoms with van der Waals surface area (Å²) in [4.78, 5) is 26.4. The second-order valence-corrected chi connectivity index (χ2v) is 7.72. The molecule has 29 heavy (non-hydrogen) atoms. The summed E-state index contributed by atoms with van der Waals surface area (Å²) in [7, 11) is 1.55. The molecule has 0 radical (unpaired) electrons. The predicted octanol–water partition coefficient (Wildman–Crippen LogP) is 3.11. The number of hydrogen-bond donors (Lipinski definition) is 2. The monoisotopic (exact) mass is 402 g/mol. The number of nitrogens with one attached hydrogen (secondary N) is 1. The van der Waals surface area contributed by atoms with E-state index in [1.807, 2.05) is 31.2 Å². The van der Waals surface area contributed by atoms with Crippen LogP contribution in [-0.2, 0) is 4.79 Å². The highest BCUT2D eigenvalue weighted by atomic mass is 16.5. The highest BCUT2D eigenvalue weighted by Crippen LogP contribution is 2.33. The molecule has 1 spiro atoms. The first-order valence-corrected chi connectivity index (χ1v) is 10.2. The van der Waals surface area contributed by atoms with Crippen molar-refractivity contribution in [2.75, 3.05) is 20.3 Å². The van der Waals surface area contributed by atoms with Crippen molar-refractivity contribution in [3.63, 3.8) is 0 Å². The smallest absolute Gasteiger partial charge is 0.325 e. The van der Waals surface area contributed by atoms with Crippen molar-refractivity contribution in [3.8, 4) is 11.5 Å². The van der Waals surface area contributed by atoms with Gasteiger partial charge in [-0.1, -0.05) is 43.9 Å². The Kier molecular flexibility index (Phi) is 6.79. The van der Waals surface area contributed by atoms with Crippen LogP contribution in [0.25, 0.3) is 6.08 Å². The molecule has 1 saturated heterocycles. The Balaban J connectivity index is 1.60. The van der Waals surface area contributed by atoms with Gasteiger partial charge in [-0.3, -0.25) is 9.69 Å². The van der Waals surface area contributed by atoms with Crippen molar-refractivity contribution in [2.24, 2.45) is 0 Å². The number of allylic oxidation sites excluding steroid dienone is 1. The predicted molar refractivity (Wildman–Crippen MR) is 110 cm³/mol. The lowest BCUT2D eigenvalue weighted by Gasteiger charge is -2.25. The summed E-state index contributed by atoms with van der Waals surface area (Å²) in [5.74, 6) is 0.828. The van der Waals surface area contributed by atoms with E-state index in [0.29, 0.717) is 24.3 Å². The fourth-order valence-electron chi connectivity index (χ4n) is 4.06. The molecule has 3 rings (SSSR count). The van der Waals surface area contributed by atoms with Gasteiger partial charge in [-0.15, -0.1) is 0 Å². The number of benzene rings is 1. The first-order valence-electron chi connectivity index (χ1n) is 10.2. The number of carbonyl (C=O) groups is 2. The van der Waals surface area contributed by atoms with E-state index in [4.69, 9.17) is 9.47 Å². The highest BCUT2D eigenvalue weighted by molar-refractivity contribution is 6.07. The summed E-state index contributed by atoms with van der Waals surface area (Å²) >= 11 is 0. The largest absolute Gasteiger partial charge is 0.493 e. The zero-order valence-electron chi connectivity index (χ0n) is 17.1. The van der Waals surface area contributed by atoms with Gasteiger partial charge < -0.3 is 19.9 Å². The van der Waals surface area contributed by atoms with E-state index in [2.05, 4.69) is 5.32 Å². The van der Waals surface area contributed by atoms with Gasteiger partial charge in [-0.05, 0) is 37.5 Å². The van der Waals surface area contributed by atoms with E-state index < -0.39 is 17.7 Å². The Hall–Kier alpha value is -2.54. The molecule has 1 aromatic carbocycles. The Morgan fingerprint density at radius 3 is 2.59 bits per heavy atom. The van der Waals surface area contributed by atoms with Gasteiger partial charge in [0.05, 0.1) is 13.7 Å². The fourth-order valence-corrected chi connectivity index (χ4v) is 4.06. The van der Waals surface area contributed by atoms with Gasteiger partial charge >= 0.3 is 6.03 Å². The van der Waals surface area contributed by atoms with Crippen molar-refractivity contribution >= 4 is 18.0 Å². The second kappa shape index (κ2) is 9.31. The molecule has 0 aromatic heterocycles. The molecular weight excluding hydrogens is 372 g/mol. The van der Waals surface area contributed by atoms with Crippen LogP contribution in [-0.4, -0.2) is 53.8 Å². The number of aliphatic hydroxyl groups excluding tert-OH is 1. The number of aliphatic hydroxyl groups is 1. The lowest BCUT2D eigenvalue weighted by molar-refractivity contribution is -0.132. The van der Waals surface area contributed by atoms with Crippen molar-refractivity contribution in [2.45, 2.75) is 57.1 Å². The Morgan fingerprint density at radius 2 is 1.93 bits per heavy atom. The molecule has 2 fully saturated rings. The van der Waals surface area contributed by atoms with Crippen LogP contribution in [0.15, 0.2) is 24.3 Å². The van der Waals surface area contributed by atoms with E-state index >= 15 is 0 Å². The Labute approximate surface area is 171 Å². The van der Waals surface area contributed by atoms with Crippen LogP contribution in [0, 0.1) is 0 Å². The summed E-state index contributed by atoms with van der Waals surface area (Å²) in [6.45, 7) is 1.79. The summed E-state index contributed by atoms with van der Waals surface area (Å²) in [6.07, 6.45) is 8.22. The summed E-state index contributed by atoms with van der Waals surface area (Å²) in [6, 6.07) is 5.07. The zero-order valence-corrected chi connectivity index (χ0v) is 17.1. The minimum atomic E-state index is -0.995. The number of β-amino-alcohol motifs (C(OH)–C–C–N with tert-alkyl or cyclic N) is 1. The van der Waals surface area contributed by atoms with Crippen LogP contribution in [0.3, 0.4) is 0 Å². The Morgan fingerprint density at radius 1 is 1.21 bits per heavy atom. The molecule has 1 aliphatic carbocycles. The minimum Gasteiger partial charge on any atom is -0.493 e. The average Bonchev–Trinajstić information content (AvgIpc) is 2.87. The standard InChI is InChI=1S/C22H30N2O5/c1-3-8-16-9-10-18(19(13-16)28-2)29-15-17(25)14-24-20(26)22(23-21(24)27)11-6-4-5-7-12-22/h3,8-10,13,17,25H,4-7,11-12,14-15H2,1-2H3,(H,23,27). The molecule has 158 valence electrons. The molecule has 1 heterocycles. The van der Waals surface area contributed by atoms with Gasteiger partial charge in [0.25, 0.3) is 5.91 Å². The molecule has 2 N–H and O–H groups in total. The number of rotatable bonds is 7. The summed E-state index contributed by atoms with van der Waals surface area (Å²) in [5.41, 5.74) is 0.185. The molecule has 1 unspecified atom stereocenters. The molecule has 1 aromatic rings. The minimum absolute atomic E-state index is 0.0522. The van der Waals surface area contributed by atoms with Gasteiger partial charge in [0.2, 0.25) is 0 Å². The normalized spacial score (nSPS) is 20.0. The van der Waals surface area contributed by atoms with Gasteiger partial charge in [-0.25, -0.2) is 4.79 Å². The van der Waals surface area contributed by atoms with Gasteiger partial charge in [0, 0.05) is 0 Å². The van der Waals surface area contributed by atoms with Crippen LogP contribution in [0.1, 0.15) is 51.0 Å². The quantitative estimate of drug-likeness (QED) is 0.684. The molecule has 0 bridgehead atoms. The number of ether oxygens (including phenoxy) is 2. The van der Waals surface area contributed by atoms with Crippen molar-refractivity contribution in [1.82, 2.24) is 10.2 Å². The van der Waals surface area contributed by atoms with E-state index in [1.54, 1.807) is 13.2 Å². The molecule has 7 nitrogen and oxygen atoms in total. The van der Waals surface area contributed by atoms with Crippen LogP contribution < -0.4 is 14.8 Å².